The van der Waals surface area contributed by atoms with Crippen LogP contribution in [-0.2, 0) is 6.61 Å². The standard InChI is InChI=1S/C11H9NO2S/c13-7-10-6-11(12-15-10)14-8-9-4-2-1-3-5-9/h1-7H,8H2. The van der Waals surface area contributed by atoms with Crippen molar-refractivity contribution in [3.05, 3.63) is 46.8 Å². The topological polar surface area (TPSA) is 39.2 Å². The van der Waals surface area contributed by atoms with Crippen molar-refractivity contribution in [3.8, 4) is 5.88 Å². The zero-order chi connectivity index (χ0) is 10.5. The minimum absolute atomic E-state index is 0.475. The summed E-state index contributed by atoms with van der Waals surface area (Å²) < 4.78 is 9.41. The summed E-state index contributed by atoms with van der Waals surface area (Å²) >= 11 is 1.14. The first-order valence-electron chi connectivity index (χ1n) is 4.47. The van der Waals surface area contributed by atoms with Crippen molar-refractivity contribution in [2.24, 2.45) is 0 Å². The largest absolute Gasteiger partial charge is 0.472 e. The molecule has 0 atom stereocenters. The van der Waals surface area contributed by atoms with E-state index in [1.165, 1.54) is 0 Å². The Morgan fingerprint density at radius 2 is 2.13 bits per heavy atom. The number of benzene rings is 1. The molecular weight excluding hydrogens is 210 g/mol. The zero-order valence-corrected chi connectivity index (χ0v) is 8.74. The minimum Gasteiger partial charge on any atom is -0.472 e. The van der Waals surface area contributed by atoms with Gasteiger partial charge in [0.05, 0.1) is 4.88 Å². The van der Waals surface area contributed by atoms with Gasteiger partial charge in [-0.15, -0.1) is 0 Å². The quantitative estimate of drug-likeness (QED) is 0.742. The maximum Gasteiger partial charge on any atom is 0.226 e. The van der Waals surface area contributed by atoms with Crippen LogP contribution < -0.4 is 4.74 Å². The van der Waals surface area contributed by atoms with E-state index in [4.69, 9.17) is 4.74 Å². The highest BCUT2D eigenvalue weighted by molar-refractivity contribution is 7.07. The molecule has 1 aromatic heterocycles. The van der Waals surface area contributed by atoms with Crippen LogP contribution >= 0.6 is 11.5 Å². The van der Waals surface area contributed by atoms with Gasteiger partial charge in [-0.2, -0.15) is 4.37 Å². The molecule has 0 bridgehead atoms. The first-order chi connectivity index (χ1) is 7.38. The Morgan fingerprint density at radius 1 is 1.33 bits per heavy atom. The van der Waals surface area contributed by atoms with Crippen LogP contribution in [0.2, 0.25) is 0 Å². The second-order valence-corrected chi connectivity index (χ2v) is 3.80. The highest BCUT2D eigenvalue weighted by atomic mass is 32.1. The van der Waals surface area contributed by atoms with E-state index >= 15 is 0 Å². The van der Waals surface area contributed by atoms with Crippen molar-refractivity contribution >= 4 is 17.8 Å². The average molecular weight is 219 g/mol. The van der Waals surface area contributed by atoms with Gasteiger partial charge < -0.3 is 4.74 Å². The van der Waals surface area contributed by atoms with Gasteiger partial charge in [-0.1, -0.05) is 30.3 Å². The van der Waals surface area contributed by atoms with Crippen LogP contribution in [0.4, 0.5) is 0 Å². The third kappa shape index (κ3) is 2.63. The molecule has 0 amide bonds. The fourth-order valence-corrected chi connectivity index (χ4v) is 1.62. The Hall–Kier alpha value is -1.68. The molecule has 2 aromatic rings. The first kappa shape index (κ1) is 9.86. The molecule has 0 fully saturated rings. The number of hydrogen-bond donors (Lipinski definition) is 0. The monoisotopic (exact) mass is 219 g/mol. The molecule has 4 heteroatoms. The Kier molecular flexibility index (Phi) is 3.09. The van der Waals surface area contributed by atoms with Gasteiger partial charge in [0, 0.05) is 6.07 Å². The van der Waals surface area contributed by atoms with Gasteiger partial charge in [-0.05, 0) is 17.1 Å². The van der Waals surface area contributed by atoms with Crippen LogP contribution in [0.15, 0.2) is 36.4 Å². The third-order valence-electron chi connectivity index (χ3n) is 1.85. The Balaban J connectivity index is 1.96. The molecule has 0 saturated heterocycles. The smallest absolute Gasteiger partial charge is 0.226 e. The van der Waals surface area contributed by atoms with Gasteiger partial charge in [0.25, 0.3) is 0 Å². The first-order valence-corrected chi connectivity index (χ1v) is 5.24. The molecule has 0 aliphatic carbocycles. The second kappa shape index (κ2) is 4.70. The summed E-state index contributed by atoms with van der Waals surface area (Å²) in [5, 5.41) is 0. The molecule has 76 valence electrons. The van der Waals surface area contributed by atoms with E-state index in [2.05, 4.69) is 4.37 Å². The fourth-order valence-electron chi connectivity index (χ4n) is 1.13. The average Bonchev–Trinajstić information content (AvgIpc) is 2.76. The number of aldehydes is 1. The molecule has 1 heterocycles. The number of carbonyl (C=O) groups excluding carboxylic acids is 1. The summed E-state index contributed by atoms with van der Waals surface area (Å²) in [5.74, 6) is 0.506. The van der Waals surface area contributed by atoms with Gasteiger partial charge in [-0.25, -0.2) is 0 Å². The molecule has 3 nitrogen and oxygen atoms in total. The molecule has 0 aliphatic heterocycles. The van der Waals surface area contributed by atoms with Gasteiger partial charge in [0.1, 0.15) is 6.61 Å². The second-order valence-electron chi connectivity index (χ2n) is 2.96. The van der Waals surface area contributed by atoms with Crippen molar-refractivity contribution in [1.29, 1.82) is 0 Å². The Bertz CT molecular complexity index is 439. The maximum absolute atomic E-state index is 10.4. The van der Waals surface area contributed by atoms with Gasteiger partial charge in [-0.3, -0.25) is 4.79 Å². The molecule has 0 unspecified atom stereocenters. The fraction of sp³-hybridized carbons (Fsp3) is 0.0909. The summed E-state index contributed by atoms with van der Waals surface area (Å²) in [7, 11) is 0. The number of hydrogen-bond acceptors (Lipinski definition) is 4. The van der Waals surface area contributed by atoms with Crippen molar-refractivity contribution in [3.63, 3.8) is 0 Å². The summed E-state index contributed by atoms with van der Waals surface area (Å²) in [5.41, 5.74) is 1.08. The van der Waals surface area contributed by atoms with Crippen LogP contribution in [0.5, 0.6) is 5.88 Å². The van der Waals surface area contributed by atoms with E-state index in [1.807, 2.05) is 30.3 Å². The van der Waals surface area contributed by atoms with Gasteiger partial charge >= 0.3 is 0 Å². The SMILES string of the molecule is O=Cc1cc(OCc2ccccc2)ns1. The number of nitrogens with zero attached hydrogens (tertiary/aromatic N) is 1. The predicted molar refractivity (Wildman–Crippen MR) is 58.3 cm³/mol. The van der Waals surface area contributed by atoms with E-state index in [1.54, 1.807) is 6.07 Å². The van der Waals surface area contributed by atoms with Crippen molar-refractivity contribution in [2.45, 2.75) is 6.61 Å². The Labute approximate surface area is 91.5 Å². The van der Waals surface area contributed by atoms with Crippen LogP contribution in [0.25, 0.3) is 0 Å². The molecular formula is C11H9NO2S. The van der Waals surface area contributed by atoms with E-state index in [9.17, 15) is 4.79 Å². The highest BCUT2D eigenvalue weighted by Gasteiger charge is 2.01. The normalized spacial score (nSPS) is 9.87. The highest BCUT2D eigenvalue weighted by Crippen LogP contribution is 2.15. The lowest BCUT2D eigenvalue weighted by Gasteiger charge is -2.01. The van der Waals surface area contributed by atoms with Crippen molar-refractivity contribution in [1.82, 2.24) is 4.37 Å². The molecule has 0 radical (unpaired) electrons. The van der Waals surface area contributed by atoms with Crippen molar-refractivity contribution in [2.75, 3.05) is 0 Å². The molecule has 2 rings (SSSR count). The minimum atomic E-state index is 0.475. The van der Waals surface area contributed by atoms with Crippen molar-refractivity contribution < 1.29 is 9.53 Å². The van der Waals surface area contributed by atoms with E-state index in [-0.39, 0.29) is 0 Å². The molecule has 0 N–H and O–H groups in total. The van der Waals surface area contributed by atoms with Crippen LogP contribution in [-0.4, -0.2) is 10.7 Å². The van der Waals surface area contributed by atoms with Gasteiger partial charge in [0.2, 0.25) is 5.88 Å². The summed E-state index contributed by atoms with van der Waals surface area (Å²) in [6.45, 7) is 0.475. The number of carbonyl (C=O) groups is 1. The van der Waals surface area contributed by atoms with Crippen LogP contribution in [0.1, 0.15) is 15.2 Å². The van der Waals surface area contributed by atoms with Crippen LogP contribution in [0.3, 0.4) is 0 Å². The summed E-state index contributed by atoms with van der Waals surface area (Å²) in [6.07, 6.45) is 0.771. The van der Waals surface area contributed by atoms with Crippen LogP contribution in [0, 0.1) is 0 Å². The molecule has 1 aromatic carbocycles. The summed E-state index contributed by atoms with van der Waals surface area (Å²) in [4.78, 5) is 11.0. The molecule has 0 aliphatic rings. The lowest BCUT2D eigenvalue weighted by atomic mass is 10.2. The van der Waals surface area contributed by atoms with Gasteiger partial charge in [0.15, 0.2) is 6.29 Å². The van der Waals surface area contributed by atoms with E-state index < -0.39 is 0 Å². The lowest BCUT2D eigenvalue weighted by Crippen LogP contribution is -1.94. The summed E-state index contributed by atoms with van der Waals surface area (Å²) in [6, 6.07) is 11.5. The number of ether oxygens (including phenoxy) is 1. The lowest BCUT2D eigenvalue weighted by molar-refractivity contribution is 0.112. The van der Waals surface area contributed by atoms with E-state index in [0.717, 1.165) is 23.4 Å². The number of rotatable bonds is 4. The molecule has 0 spiro atoms. The predicted octanol–water partition coefficient (Wildman–Crippen LogP) is 2.53. The maximum atomic E-state index is 10.4. The van der Waals surface area contributed by atoms with E-state index in [0.29, 0.717) is 17.4 Å². The zero-order valence-electron chi connectivity index (χ0n) is 7.92. The Morgan fingerprint density at radius 3 is 2.80 bits per heavy atom. The number of aromatic nitrogens is 1. The molecule has 15 heavy (non-hydrogen) atoms. The molecule has 0 saturated carbocycles. The third-order valence-corrected chi connectivity index (χ3v) is 2.55.